The molecule has 0 bridgehead atoms. The molecule has 1 aromatic rings. The van der Waals surface area contributed by atoms with Gasteiger partial charge in [0.05, 0.1) is 24.4 Å². The molecule has 7 heteroatoms. The van der Waals surface area contributed by atoms with Crippen LogP contribution in [0.25, 0.3) is 0 Å². The van der Waals surface area contributed by atoms with E-state index in [4.69, 9.17) is 4.74 Å². The third-order valence-electron chi connectivity index (χ3n) is 4.80. The van der Waals surface area contributed by atoms with Gasteiger partial charge in [0.1, 0.15) is 6.54 Å². The van der Waals surface area contributed by atoms with Gasteiger partial charge in [0.25, 0.3) is 11.8 Å². The van der Waals surface area contributed by atoms with Gasteiger partial charge in [-0.15, -0.1) is 0 Å². The standard InChI is InChI=1S/C17H20N4O3/c22-15-11-18-16(19-21(15)12-5-2-1-3-6-12)17(23)20-9-10-24-14-8-4-7-13(14)20/h1-3,5-6,13-14H,4,7-11H2,(H,18,19)/t13-,14+/m1/s1. The van der Waals surface area contributed by atoms with E-state index in [2.05, 4.69) is 10.4 Å². The molecule has 3 aliphatic rings. The number of amidine groups is 1. The highest BCUT2D eigenvalue weighted by Gasteiger charge is 2.40. The van der Waals surface area contributed by atoms with Gasteiger partial charge in [-0.05, 0) is 31.4 Å². The second kappa shape index (κ2) is 6.24. The second-order valence-corrected chi connectivity index (χ2v) is 6.25. The van der Waals surface area contributed by atoms with Crippen LogP contribution in [0.4, 0.5) is 5.69 Å². The van der Waals surface area contributed by atoms with E-state index >= 15 is 0 Å². The van der Waals surface area contributed by atoms with Crippen molar-refractivity contribution in [3.05, 3.63) is 30.3 Å². The van der Waals surface area contributed by atoms with Gasteiger partial charge in [-0.1, -0.05) is 18.2 Å². The number of hydrazine groups is 1. The summed E-state index contributed by atoms with van der Waals surface area (Å²) in [7, 11) is 0. The molecular formula is C17H20N4O3. The molecule has 2 amide bonds. The molecule has 0 radical (unpaired) electrons. The molecule has 1 saturated carbocycles. The van der Waals surface area contributed by atoms with Crippen LogP contribution >= 0.6 is 0 Å². The Bertz CT molecular complexity index is 676. The molecule has 1 saturated heterocycles. The topological polar surface area (TPSA) is 74.2 Å². The van der Waals surface area contributed by atoms with Gasteiger partial charge < -0.3 is 9.64 Å². The smallest absolute Gasteiger partial charge is 0.291 e. The Labute approximate surface area is 140 Å². The van der Waals surface area contributed by atoms with E-state index in [-0.39, 0.29) is 36.3 Å². The maximum atomic E-state index is 12.9. The van der Waals surface area contributed by atoms with E-state index < -0.39 is 0 Å². The van der Waals surface area contributed by atoms with Crippen molar-refractivity contribution in [3.8, 4) is 0 Å². The molecule has 2 fully saturated rings. The number of anilines is 1. The van der Waals surface area contributed by atoms with Gasteiger partial charge >= 0.3 is 0 Å². The molecule has 24 heavy (non-hydrogen) atoms. The Kier molecular flexibility index (Phi) is 3.93. The monoisotopic (exact) mass is 328 g/mol. The maximum absolute atomic E-state index is 12.9. The van der Waals surface area contributed by atoms with Crippen molar-refractivity contribution in [2.24, 2.45) is 4.99 Å². The van der Waals surface area contributed by atoms with E-state index in [9.17, 15) is 9.59 Å². The second-order valence-electron chi connectivity index (χ2n) is 6.25. The lowest BCUT2D eigenvalue weighted by atomic mass is 10.1. The van der Waals surface area contributed by atoms with Crippen molar-refractivity contribution in [2.45, 2.75) is 31.4 Å². The van der Waals surface area contributed by atoms with Gasteiger partial charge in [-0.2, -0.15) is 0 Å². The number of aliphatic imine (C=N–C) groups is 1. The number of carbonyl (C=O) groups excluding carboxylic acids is 2. The largest absolute Gasteiger partial charge is 0.374 e. The minimum absolute atomic E-state index is 0.0264. The van der Waals surface area contributed by atoms with Crippen molar-refractivity contribution >= 4 is 23.3 Å². The SMILES string of the molecule is O=C1CN=C(C(=O)N2CCO[C@H]3CCC[C@H]32)NN1c1ccccc1. The van der Waals surface area contributed by atoms with Gasteiger partial charge in [0.2, 0.25) is 5.84 Å². The van der Waals surface area contributed by atoms with Gasteiger partial charge in [0.15, 0.2) is 0 Å². The van der Waals surface area contributed by atoms with Crippen LogP contribution in [0.15, 0.2) is 35.3 Å². The van der Waals surface area contributed by atoms with Gasteiger partial charge in [-0.25, -0.2) is 5.01 Å². The summed E-state index contributed by atoms with van der Waals surface area (Å²) in [5, 5.41) is 1.40. The zero-order valence-corrected chi connectivity index (χ0v) is 13.4. The van der Waals surface area contributed by atoms with E-state index in [0.29, 0.717) is 18.8 Å². The van der Waals surface area contributed by atoms with Crippen LogP contribution in [-0.2, 0) is 14.3 Å². The van der Waals surface area contributed by atoms with Crippen molar-refractivity contribution < 1.29 is 14.3 Å². The summed E-state index contributed by atoms with van der Waals surface area (Å²) in [5.41, 5.74) is 3.60. The zero-order valence-electron chi connectivity index (χ0n) is 13.4. The molecule has 2 heterocycles. The lowest BCUT2D eigenvalue weighted by Crippen LogP contribution is -2.60. The van der Waals surface area contributed by atoms with Crippen LogP contribution in [0.3, 0.4) is 0 Å². The Morgan fingerprint density at radius 3 is 2.92 bits per heavy atom. The number of benzene rings is 1. The molecule has 126 valence electrons. The number of hydrogen-bond acceptors (Lipinski definition) is 5. The normalized spacial score (nSPS) is 26.7. The number of rotatable bonds is 2. The molecule has 1 aromatic carbocycles. The highest BCUT2D eigenvalue weighted by atomic mass is 16.5. The third kappa shape index (κ3) is 2.65. The average Bonchev–Trinajstić information content (AvgIpc) is 3.11. The number of para-hydroxylation sites is 1. The fraction of sp³-hybridized carbons (Fsp3) is 0.471. The number of carbonyl (C=O) groups is 2. The van der Waals surface area contributed by atoms with E-state index in [0.717, 1.165) is 19.3 Å². The third-order valence-corrected chi connectivity index (χ3v) is 4.80. The van der Waals surface area contributed by atoms with Crippen molar-refractivity contribution in [1.29, 1.82) is 0 Å². The number of morpholine rings is 1. The molecule has 2 atom stereocenters. The number of nitrogens with zero attached hydrogens (tertiary/aromatic N) is 3. The lowest BCUT2D eigenvalue weighted by molar-refractivity contribution is -0.137. The summed E-state index contributed by atoms with van der Waals surface area (Å²) in [4.78, 5) is 31.1. The Hall–Kier alpha value is -2.41. The molecule has 0 unspecified atom stereocenters. The quantitative estimate of drug-likeness (QED) is 0.868. The molecule has 1 N–H and O–H groups in total. The van der Waals surface area contributed by atoms with Crippen molar-refractivity contribution in [2.75, 3.05) is 24.7 Å². The van der Waals surface area contributed by atoms with Crippen LogP contribution in [0, 0.1) is 0 Å². The van der Waals surface area contributed by atoms with Crippen LogP contribution < -0.4 is 10.4 Å². The highest BCUT2D eigenvalue weighted by Crippen LogP contribution is 2.29. The molecule has 1 aliphatic carbocycles. The van der Waals surface area contributed by atoms with E-state index in [1.165, 1.54) is 5.01 Å². The number of nitrogens with one attached hydrogen (secondary N) is 1. The summed E-state index contributed by atoms with van der Waals surface area (Å²) in [6, 6.07) is 9.34. The van der Waals surface area contributed by atoms with E-state index in [1.807, 2.05) is 35.2 Å². The Morgan fingerprint density at radius 2 is 2.08 bits per heavy atom. The first-order valence-corrected chi connectivity index (χ1v) is 8.36. The van der Waals surface area contributed by atoms with Crippen molar-refractivity contribution in [3.63, 3.8) is 0 Å². The fourth-order valence-electron chi connectivity index (χ4n) is 3.64. The minimum Gasteiger partial charge on any atom is -0.374 e. The predicted molar refractivity (Wildman–Crippen MR) is 88.5 cm³/mol. The molecule has 0 aromatic heterocycles. The predicted octanol–water partition coefficient (Wildman–Crippen LogP) is 0.716. The van der Waals surface area contributed by atoms with Crippen LogP contribution in [0.5, 0.6) is 0 Å². The highest BCUT2D eigenvalue weighted by molar-refractivity contribution is 6.39. The molecule has 4 rings (SSSR count). The summed E-state index contributed by atoms with van der Waals surface area (Å²) in [5.74, 6) is -0.104. The number of fused-ring (bicyclic) bond motifs is 1. The fourth-order valence-corrected chi connectivity index (χ4v) is 3.64. The Balaban J connectivity index is 1.53. The van der Waals surface area contributed by atoms with Gasteiger partial charge in [0, 0.05) is 6.54 Å². The molecular weight excluding hydrogens is 308 g/mol. The van der Waals surface area contributed by atoms with Gasteiger partial charge in [-0.3, -0.25) is 20.0 Å². The minimum atomic E-state index is -0.182. The maximum Gasteiger partial charge on any atom is 0.291 e. The number of ether oxygens (including phenoxy) is 1. The number of amides is 2. The lowest BCUT2D eigenvalue weighted by Gasteiger charge is -2.38. The summed E-state index contributed by atoms with van der Waals surface area (Å²) >= 11 is 0. The van der Waals surface area contributed by atoms with Crippen LogP contribution in [0.1, 0.15) is 19.3 Å². The molecule has 7 nitrogen and oxygen atoms in total. The van der Waals surface area contributed by atoms with Crippen LogP contribution in [0.2, 0.25) is 0 Å². The van der Waals surface area contributed by atoms with Crippen LogP contribution in [-0.4, -0.2) is 54.4 Å². The average molecular weight is 328 g/mol. The first kappa shape index (κ1) is 15.1. The first-order chi connectivity index (χ1) is 11.7. The summed E-state index contributed by atoms with van der Waals surface area (Å²) in [6.07, 6.45) is 3.18. The van der Waals surface area contributed by atoms with Crippen molar-refractivity contribution in [1.82, 2.24) is 10.3 Å². The van der Waals surface area contributed by atoms with E-state index in [1.54, 1.807) is 0 Å². The first-order valence-electron chi connectivity index (χ1n) is 8.36. The Morgan fingerprint density at radius 1 is 1.25 bits per heavy atom. The zero-order chi connectivity index (χ0) is 16.5. The summed E-state index contributed by atoms with van der Waals surface area (Å²) < 4.78 is 5.76. The molecule has 0 spiro atoms. The molecule has 2 aliphatic heterocycles. The summed E-state index contributed by atoms with van der Waals surface area (Å²) in [6.45, 7) is 1.10. The number of hydrogen-bond donors (Lipinski definition) is 1.